The summed E-state index contributed by atoms with van der Waals surface area (Å²) < 4.78 is 5.63. The molecule has 2 aliphatic heterocycles. The highest BCUT2D eigenvalue weighted by Gasteiger charge is 2.31. The molecule has 1 unspecified atom stereocenters. The number of unbranched alkanes of at least 4 members (excludes halogenated alkanes) is 5. The van der Waals surface area contributed by atoms with E-state index in [1.54, 1.807) is 0 Å². The highest BCUT2D eigenvalue weighted by molar-refractivity contribution is 6.17. The minimum absolute atomic E-state index is 0.153. The average molecular weight is 264 g/mol. The molecule has 19 heavy (non-hydrogen) atoms. The normalized spacial score (nSPS) is 20.7. The fourth-order valence-electron chi connectivity index (χ4n) is 1.96. The van der Waals surface area contributed by atoms with Gasteiger partial charge in [0, 0.05) is 0 Å². The van der Waals surface area contributed by atoms with E-state index in [1.807, 2.05) is 0 Å². The smallest absolute Gasteiger partial charge is 0.227 e. The van der Waals surface area contributed by atoms with Crippen molar-refractivity contribution in [2.75, 3.05) is 6.61 Å². The van der Waals surface area contributed by atoms with Gasteiger partial charge in [0.25, 0.3) is 0 Å². The molecule has 7 nitrogen and oxygen atoms in total. The number of hydrogen-bond donors (Lipinski definition) is 1. The summed E-state index contributed by atoms with van der Waals surface area (Å²) in [6.45, 7) is 2.84. The van der Waals surface area contributed by atoms with E-state index in [4.69, 9.17) is 10.5 Å². The number of guanidine groups is 1. The largest absolute Gasteiger partial charge is 0.479 e. The van der Waals surface area contributed by atoms with Crippen LogP contribution in [0.2, 0.25) is 0 Å². The minimum Gasteiger partial charge on any atom is -0.479 e. The molecule has 2 heterocycles. The van der Waals surface area contributed by atoms with Crippen LogP contribution in [-0.4, -0.2) is 30.3 Å². The van der Waals surface area contributed by atoms with Crippen LogP contribution in [0.3, 0.4) is 0 Å². The van der Waals surface area contributed by atoms with E-state index in [0.717, 1.165) is 6.42 Å². The van der Waals surface area contributed by atoms with E-state index < -0.39 is 6.04 Å². The summed E-state index contributed by atoms with van der Waals surface area (Å²) in [5.41, 5.74) is 5.58. The van der Waals surface area contributed by atoms with Crippen LogP contribution in [0.4, 0.5) is 0 Å². The zero-order valence-electron chi connectivity index (χ0n) is 11.2. The molecule has 0 amide bonds. The van der Waals surface area contributed by atoms with Gasteiger partial charge in [-0.3, -0.25) is 0 Å². The summed E-state index contributed by atoms with van der Waals surface area (Å²) in [5.74, 6) is 1.08. The highest BCUT2D eigenvalue weighted by atomic mass is 16.5. The predicted molar refractivity (Wildman–Crippen MR) is 74.5 cm³/mol. The molecule has 0 spiro atoms. The van der Waals surface area contributed by atoms with Crippen LogP contribution in [-0.2, 0) is 4.74 Å². The Morgan fingerprint density at radius 3 is 2.74 bits per heavy atom. The first-order chi connectivity index (χ1) is 9.31. The Hall–Kier alpha value is -1.79. The summed E-state index contributed by atoms with van der Waals surface area (Å²) in [6, 6.07) is -0.396. The number of aliphatic imine (C=N–C) groups is 2. The molecule has 104 valence electrons. The van der Waals surface area contributed by atoms with Crippen molar-refractivity contribution in [3.63, 3.8) is 0 Å². The lowest BCUT2D eigenvalue weighted by Crippen LogP contribution is -2.34. The number of hydrogen-bond acceptors (Lipinski definition) is 7. The summed E-state index contributed by atoms with van der Waals surface area (Å²) in [4.78, 5) is 8.02. The molecule has 0 aromatic carbocycles. The Bertz CT molecular complexity index is 426. The van der Waals surface area contributed by atoms with Gasteiger partial charge >= 0.3 is 0 Å². The molecule has 2 rings (SSSR count). The Morgan fingerprint density at radius 1 is 1.11 bits per heavy atom. The molecule has 0 fully saturated rings. The van der Waals surface area contributed by atoms with Gasteiger partial charge in [0.15, 0.2) is 5.84 Å². The number of rotatable bonds is 7. The van der Waals surface area contributed by atoms with E-state index in [2.05, 4.69) is 32.3 Å². The topological polar surface area (TPSA) is 97.0 Å². The Kier molecular flexibility index (Phi) is 5.00. The number of fused-ring (bicyclic) bond motifs is 1. The maximum atomic E-state index is 5.63. The predicted octanol–water partition coefficient (Wildman–Crippen LogP) is 2.24. The van der Waals surface area contributed by atoms with E-state index >= 15 is 0 Å². The van der Waals surface area contributed by atoms with Gasteiger partial charge in [-0.25, -0.2) is 0 Å². The van der Waals surface area contributed by atoms with E-state index in [0.29, 0.717) is 18.3 Å². The molecule has 1 atom stereocenters. The summed E-state index contributed by atoms with van der Waals surface area (Å²) in [5, 5.41) is 11.3. The van der Waals surface area contributed by atoms with E-state index in [1.165, 1.54) is 32.1 Å². The van der Waals surface area contributed by atoms with Crippen molar-refractivity contribution in [1.82, 2.24) is 0 Å². The van der Waals surface area contributed by atoms with Gasteiger partial charge in [0.2, 0.25) is 17.9 Å². The fourth-order valence-corrected chi connectivity index (χ4v) is 1.96. The van der Waals surface area contributed by atoms with Crippen molar-refractivity contribution in [3.8, 4) is 0 Å². The van der Waals surface area contributed by atoms with Crippen LogP contribution in [0.25, 0.3) is 0 Å². The molecule has 2 aliphatic rings. The molecule has 0 saturated carbocycles. The van der Waals surface area contributed by atoms with Crippen molar-refractivity contribution in [1.29, 1.82) is 0 Å². The van der Waals surface area contributed by atoms with Crippen molar-refractivity contribution < 1.29 is 4.74 Å². The van der Waals surface area contributed by atoms with Gasteiger partial charge in [0.05, 0.1) is 6.61 Å². The standard InChI is InChI=1S/C12H20N6O/c1-2-3-4-5-6-7-8-19-11-9-10(17-18-16-9)14-12(13)15-11/h9H,2-8H2,1H3,(H2,13,14,16,17). The van der Waals surface area contributed by atoms with Crippen LogP contribution in [0.15, 0.2) is 25.4 Å². The third-order valence-corrected chi connectivity index (χ3v) is 2.99. The Labute approximate surface area is 112 Å². The molecule has 0 radical (unpaired) electrons. The zero-order chi connectivity index (χ0) is 13.5. The monoisotopic (exact) mass is 264 g/mol. The number of nitrogens with two attached hydrogens (primary N) is 1. The quantitative estimate of drug-likeness (QED) is 0.713. The maximum absolute atomic E-state index is 5.63. The lowest BCUT2D eigenvalue weighted by Gasteiger charge is -2.15. The zero-order valence-corrected chi connectivity index (χ0v) is 11.2. The third kappa shape index (κ3) is 3.84. The van der Waals surface area contributed by atoms with Gasteiger partial charge in [-0.15, -0.1) is 10.2 Å². The van der Waals surface area contributed by atoms with Crippen LogP contribution >= 0.6 is 0 Å². The van der Waals surface area contributed by atoms with E-state index in [9.17, 15) is 0 Å². The first-order valence-electron chi connectivity index (χ1n) is 6.84. The van der Waals surface area contributed by atoms with Gasteiger partial charge in [-0.05, 0) is 11.6 Å². The van der Waals surface area contributed by atoms with Crippen molar-refractivity contribution in [2.45, 2.75) is 51.5 Å². The summed E-state index contributed by atoms with van der Waals surface area (Å²) in [6.07, 6.45) is 7.30. The van der Waals surface area contributed by atoms with Crippen LogP contribution in [0, 0.1) is 0 Å². The summed E-state index contributed by atoms with van der Waals surface area (Å²) in [7, 11) is 0. The Morgan fingerprint density at radius 2 is 1.89 bits per heavy atom. The number of ether oxygens (including phenoxy) is 1. The van der Waals surface area contributed by atoms with Crippen LogP contribution < -0.4 is 5.73 Å². The minimum atomic E-state index is -0.396. The second-order valence-corrected chi connectivity index (χ2v) is 4.60. The molecule has 0 bridgehead atoms. The van der Waals surface area contributed by atoms with Crippen LogP contribution in [0.5, 0.6) is 0 Å². The van der Waals surface area contributed by atoms with Gasteiger partial charge < -0.3 is 10.5 Å². The highest BCUT2D eigenvalue weighted by Crippen LogP contribution is 2.14. The maximum Gasteiger partial charge on any atom is 0.227 e. The van der Waals surface area contributed by atoms with E-state index in [-0.39, 0.29) is 5.96 Å². The van der Waals surface area contributed by atoms with Gasteiger partial charge in [0.1, 0.15) is 0 Å². The molecule has 7 heteroatoms. The molecule has 0 aromatic heterocycles. The second-order valence-electron chi connectivity index (χ2n) is 4.60. The van der Waals surface area contributed by atoms with Gasteiger partial charge in [-0.1, -0.05) is 39.0 Å². The first-order valence-corrected chi connectivity index (χ1v) is 6.84. The lowest BCUT2D eigenvalue weighted by atomic mass is 10.1. The van der Waals surface area contributed by atoms with Crippen molar-refractivity contribution >= 4 is 17.7 Å². The Balaban J connectivity index is 1.69. The molecular weight excluding hydrogens is 244 g/mol. The average Bonchev–Trinajstić information content (AvgIpc) is 2.85. The number of amidine groups is 1. The molecule has 0 aromatic rings. The van der Waals surface area contributed by atoms with Crippen molar-refractivity contribution in [2.24, 2.45) is 31.2 Å². The lowest BCUT2D eigenvalue weighted by molar-refractivity contribution is 0.284. The summed E-state index contributed by atoms with van der Waals surface area (Å²) >= 11 is 0. The fraction of sp³-hybridized carbons (Fsp3) is 0.750. The van der Waals surface area contributed by atoms with Crippen LogP contribution in [0.1, 0.15) is 45.4 Å². The second kappa shape index (κ2) is 6.96. The molecular formula is C12H20N6O. The first kappa shape index (κ1) is 13.6. The number of nitrogens with zero attached hydrogens (tertiary/aromatic N) is 5. The van der Waals surface area contributed by atoms with Gasteiger partial charge in [-0.2, -0.15) is 9.98 Å². The van der Waals surface area contributed by atoms with Crippen molar-refractivity contribution in [3.05, 3.63) is 0 Å². The molecule has 2 N–H and O–H groups in total. The molecule has 0 aliphatic carbocycles. The third-order valence-electron chi connectivity index (χ3n) is 2.99. The molecule has 0 saturated heterocycles. The SMILES string of the molecule is CCCCCCCCOC1=NC(N)=NC2=NN=NC21.